The minimum atomic E-state index is -0.120. The number of aryl methyl sites for hydroxylation is 1. The van der Waals surface area contributed by atoms with Crippen LogP contribution < -0.4 is 0 Å². The molecule has 1 aromatic carbocycles. The molecule has 0 bridgehead atoms. The molecule has 66 valence electrons. The van der Waals surface area contributed by atoms with Crippen LogP contribution in [0.25, 0.3) is 0 Å². The van der Waals surface area contributed by atoms with Gasteiger partial charge in [-0.25, -0.2) is 0 Å². The van der Waals surface area contributed by atoms with Crippen LogP contribution in [0, 0.1) is 11.3 Å². The van der Waals surface area contributed by atoms with Crippen molar-refractivity contribution < 1.29 is 0 Å². The van der Waals surface area contributed by atoms with Gasteiger partial charge in [0.2, 0.25) is 0 Å². The van der Waals surface area contributed by atoms with Gasteiger partial charge in [-0.2, -0.15) is 5.26 Å². The van der Waals surface area contributed by atoms with Crippen molar-refractivity contribution in [2.24, 2.45) is 0 Å². The molecule has 0 heterocycles. The predicted octanol–water partition coefficient (Wildman–Crippen LogP) is 2.80. The van der Waals surface area contributed by atoms with E-state index < -0.39 is 0 Å². The molecule has 1 aliphatic rings. The molecule has 1 fully saturated rings. The van der Waals surface area contributed by atoms with E-state index in [-0.39, 0.29) is 5.41 Å². The Balaban J connectivity index is 2.37. The molecule has 1 nitrogen and oxygen atoms in total. The molecule has 0 unspecified atom stereocenters. The molecule has 0 amide bonds. The maximum Gasteiger partial charge on any atom is 0.0823 e. The average Bonchev–Trinajstić information content (AvgIpc) is 2.99. The first-order valence-corrected chi connectivity index (χ1v) is 4.81. The number of hydrogen-bond acceptors (Lipinski definition) is 1. The van der Waals surface area contributed by atoms with E-state index in [2.05, 4.69) is 37.3 Å². The lowest BCUT2D eigenvalue weighted by molar-refractivity contribution is 0.902. The zero-order valence-corrected chi connectivity index (χ0v) is 7.88. The maximum atomic E-state index is 9.02. The second-order valence-corrected chi connectivity index (χ2v) is 3.75. The second-order valence-electron chi connectivity index (χ2n) is 3.75. The Labute approximate surface area is 79.0 Å². The standard InChI is InChI=1S/C12H13N/c1-2-10-4-3-5-11(8-10)12(9-13)6-7-12/h3-5,8H,2,6-7H2,1H3. The molecule has 0 radical (unpaired) electrons. The second kappa shape index (κ2) is 2.88. The van der Waals surface area contributed by atoms with Gasteiger partial charge in [0, 0.05) is 0 Å². The van der Waals surface area contributed by atoms with E-state index in [1.807, 2.05) is 0 Å². The van der Waals surface area contributed by atoms with Crippen molar-refractivity contribution >= 4 is 0 Å². The van der Waals surface area contributed by atoms with Crippen LogP contribution in [0.1, 0.15) is 30.9 Å². The van der Waals surface area contributed by atoms with Crippen molar-refractivity contribution in [3.8, 4) is 6.07 Å². The summed E-state index contributed by atoms with van der Waals surface area (Å²) in [6, 6.07) is 10.9. The van der Waals surface area contributed by atoms with Crippen LogP contribution >= 0.6 is 0 Å². The third-order valence-corrected chi connectivity index (χ3v) is 2.85. The number of benzene rings is 1. The van der Waals surface area contributed by atoms with Crippen LogP contribution in [0.15, 0.2) is 24.3 Å². The Morgan fingerprint density at radius 2 is 2.23 bits per heavy atom. The molecule has 0 aromatic heterocycles. The molecule has 13 heavy (non-hydrogen) atoms. The zero-order valence-electron chi connectivity index (χ0n) is 7.88. The summed E-state index contributed by atoms with van der Waals surface area (Å²) in [6.45, 7) is 2.14. The highest BCUT2D eigenvalue weighted by molar-refractivity contribution is 5.40. The molecule has 0 spiro atoms. The van der Waals surface area contributed by atoms with E-state index in [4.69, 9.17) is 5.26 Å². The van der Waals surface area contributed by atoms with Crippen molar-refractivity contribution in [1.29, 1.82) is 5.26 Å². The first-order valence-electron chi connectivity index (χ1n) is 4.81. The summed E-state index contributed by atoms with van der Waals surface area (Å²) in [6.07, 6.45) is 3.13. The summed E-state index contributed by atoms with van der Waals surface area (Å²) in [5.74, 6) is 0. The largest absolute Gasteiger partial charge is 0.197 e. The van der Waals surface area contributed by atoms with Crippen molar-refractivity contribution in [1.82, 2.24) is 0 Å². The van der Waals surface area contributed by atoms with Crippen LogP contribution in [0.5, 0.6) is 0 Å². The Hall–Kier alpha value is -1.29. The molecule has 1 aliphatic carbocycles. The minimum absolute atomic E-state index is 0.120. The number of nitriles is 1. The molecule has 1 saturated carbocycles. The number of nitrogens with zero attached hydrogens (tertiary/aromatic N) is 1. The SMILES string of the molecule is CCc1cccc(C2(C#N)CC2)c1. The van der Waals surface area contributed by atoms with Crippen molar-refractivity contribution in [3.63, 3.8) is 0 Å². The Bertz CT molecular complexity index is 356. The van der Waals surface area contributed by atoms with Crippen molar-refractivity contribution in [3.05, 3.63) is 35.4 Å². The molecule has 0 N–H and O–H groups in total. The van der Waals surface area contributed by atoms with E-state index >= 15 is 0 Å². The molecular formula is C12H13N. The summed E-state index contributed by atoms with van der Waals surface area (Å²) >= 11 is 0. The summed E-state index contributed by atoms with van der Waals surface area (Å²) < 4.78 is 0. The summed E-state index contributed by atoms with van der Waals surface area (Å²) in [5, 5.41) is 9.02. The summed E-state index contributed by atoms with van der Waals surface area (Å²) in [5.41, 5.74) is 2.43. The third kappa shape index (κ3) is 1.33. The average molecular weight is 171 g/mol. The van der Waals surface area contributed by atoms with Gasteiger partial charge < -0.3 is 0 Å². The highest BCUT2D eigenvalue weighted by Gasteiger charge is 2.44. The fourth-order valence-corrected chi connectivity index (χ4v) is 1.68. The molecular weight excluding hydrogens is 158 g/mol. The van der Waals surface area contributed by atoms with Crippen LogP contribution in [-0.4, -0.2) is 0 Å². The molecule has 0 aliphatic heterocycles. The number of rotatable bonds is 2. The monoisotopic (exact) mass is 171 g/mol. The molecule has 1 aromatic rings. The highest BCUT2D eigenvalue weighted by atomic mass is 14.5. The molecule has 0 saturated heterocycles. The predicted molar refractivity (Wildman–Crippen MR) is 52.3 cm³/mol. The lowest BCUT2D eigenvalue weighted by atomic mass is 9.95. The van der Waals surface area contributed by atoms with E-state index in [0.717, 1.165) is 19.3 Å². The maximum absolute atomic E-state index is 9.02. The van der Waals surface area contributed by atoms with Gasteiger partial charge in [-0.1, -0.05) is 31.2 Å². The van der Waals surface area contributed by atoms with E-state index in [9.17, 15) is 0 Å². The van der Waals surface area contributed by atoms with Gasteiger partial charge in [-0.3, -0.25) is 0 Å². The lowest BCUT2D eigenvalue weighted by Gasteiger charge is -2.07. The molecule has 0 atom stereocenters. The van der Waals surface area contributed by atoms with Gasteiger partial charge in [0.25, 0.3) is 0 Å². The van der Waals surface area contributed by atoms with Gasteiger partial charge in [-0.05, 0) is 30.4 Å². The van der Waals surface area contributed by atoms with Crippen molar-refractivity contribution in [2.45, 2.75) is 31.6 Å². The fourth-order valence-electron chi connectivity index (χ4n) is 1.68. The first kappa shape index (κ1) is 8.31. The fraction of sp³-hybridized carbons (Fsp3) is 0.417. The minimum Gasteiger partial charge on any atom is -0.197 e. The molecule has 1 heteroatoms. The smallest absolute Gasteiger partial charge is 0.0823 e. The van der Waals surface area contributed by atoms with E-state index in [1.165, 1.54) is 11.1 Å². The Kier molecular flexibility index (Phi) is 1.84. The zero-order chi connectivity index (χ0) is 9.31. The van der Waals surface area contributed by atoms with Gasteiger partial charge >= 0.3 is 0 Å². The van der Waals surface area contributed by atoms with Crippen LogP contribution in [0.3, 0.4) is 0 Å². The van der Waals surface area contributed by atoms with E-state index in [0.29, 0.717) is 0 Å². The molecule has 2 rings (SSSR count). The summed E-state index contributed by atoms with van der Waals surface area (Å²) in [7, 11) is 0. The topological polar surface area (TPSA) is 23.8 Å². The Morgan fingerprint density at radius 3 is 2.77 bits per heavy atom. The third-order valence-electron chi connectivity index (χ3n) is 2.85. The lowest BCUT2D eigenvalue weighted by Crippen LogP contribution is -2.02. The quantitative estimate of drug-likeness (QED) is 0.671. The van der Waals surface area contributed by atoms with E-state index in [1.54, 1.807) is 0 Å². The van der Waals surface area contributed by atoms with Crippen LogP contribution in [0.2, 0.25) is 0 Å². The normalized spacial score (nSPS) is 17.8. The first-order chi connectivity index (χ1) is 6.30. The highest BCUT2D eigenvalue weighted by Crippen LogP contribution is 2.47. The Morgan fingerprint density at radius 1 is 1.46 bits per heavy atom. The van der Waals surface area contributed by atoms with Crippen molar-refractivity contribution in [2.75, 3.05) is 0 Å². The van der Waals surface area contributed by atoms with Gasteiger partial charge in [-0.15, -0.1) is 0 Å². The van der Waals surface area contributed by atoms with Crippen LogP contribution in [-0.2, 0) is 11.8 Å². The van der Waals surface area contributed by atoms with Gasteiger partial charge in [0.15, 0.2) is 0 Å². The van der Waals surface area contributed by atoms with Crippen LogP contribution in [0.4, 0.5) is 0 Å². The number of hydrogen-bond donors (Lipinski definition) is 0. The van der Waals surface area contributed by atoms with Gasteiger partial charge in [0.1, 0.15) is 0 Å². The summed E-state index contributed by atoms with van der Waals surface area (Å²) in [4.78, 5) is 0. The van der Waals surface area contributed by atoms with Gasteiger partial charge in [0.05, 0.1) is 11.5 Å².